The Hall–Kier alpha value is -2.87. The number of rotatable bonds is 3. The average molecular weight is 412 g/mol. The number of aryl methyl sites for hydroxylation is 2. The molecule has 0 atom stereocenters. The average Bonchev–Trinajstić information content (AvgIpc) is 3.00. The molecular weight excluding hydrogens is 398 g/mol. The fourth-order valence-electron chi connectivity index (χ4n) is 2.75. The number of anilines is 1. The van der Waals surface area contributed by atoms with Gasteiger partial charge in [-0.1, -0.05) is 29.3 Å². The molecule has 0 unspecified atom stereocenters. The van der Waals surface area contributed by atoms with E-state index in [1.165, 1.54) is 31.3 Å². The van der Waals surface area contributed by atoms with Crippen molar-refractivity contribution in [3.63, 3.8) is 0 Å². The lowest BCUT2D eigenvalue weighted by molar-refractivity contribution is -0.141. The highest BCUT2D eigenvalue weighted by Crippen LogP contribution is 2.35. The normalized spacial score (nSPS) is 11.5. The Morgan fingerprint density at radius 3 is 2.54 bits per heavy atom. The van der Waals surface area contributed by atoms with Crippen LogP contribution in [0.2, 0.25) is 5.02 Å². The number of halogens is 5. The van der Waals surface area contributed by atoms with E-state index in [-0.39, 0.29) is 21.8 Å². The van der Waals surface area contributed by atoms with Crippen molar-refractivity contribution in [1.29, 1.82) is 0 Å². The first kappa shape index (κ1) is 19.9. The van der Waals surface area contributed by atoms with Crippen LogP contribution in [0.1, 0.15) is 21.6 Å². The fraction of sp³-hybridized carbons (Fsp3) is 0.158. The monoisotopic (exact) mass is 411 g/mol. The van der Waals surface area contributed by atoms with Crippen molar-refractivity contribution in [3.8, 4) is 11.1 Å². The van der Waals surface area contributed by atoms with Gasteiger partial charge in [0.2, 0.25) is 0 Å². The summed E-state index contributed by atoms with van der Waals surface area (Å²) >= 11 is 5.97. The van der Waals surface area contributed by atoms with Crippen LogP contribution < -0.4 is 5.32 Å². The predicted octanol–water partition coefficient (Wildman–Crippen LogP) is 5.46. The molecule has 0 saturated heterocycles. The molecule has 146 valence electrons. The van der Waals surface area contributed by atoms with Crippen LogP contribution in [0.25, 0.3) is 11.1 Å². The topological polar surface area (TPSA) is 46.9 Å². The summed E-state index contributed by atoms with van der Waals surface area (Å²) in [6.07, 6.45) is -3.83. The Balaban J connectivity index is 2.05. The predicted molar refractivity (Wildman–Crippen MR) is 97.7 cm³/mol. The molecule has 28 heavy (non-hydrogen) atoms. The van der Waals surface area contributed by atoms with Gasteiger partial charge >= 0.3 is 6.18 Å². The van der Waals surface area contributed by atoms with Crippen LogP contribution in [0.4, 0.5) is 23.2 Å². The van der Waals surface area contributed by atoms with Gasteiger partial charge in [-0.3, -0.25) is 9.48 Å². The van der Waals surface area contributed by atoms with Crippen molar-refractivity contribution in [1.82, 2.24) is 9.78 Å². The number of nitrogens with zero attached hydrogens (tertiary/aromatic N) is 2. The van der Waals surface area contributed by atoms with Crippen LogP contribution >= 0.6 is 11.6 Å². The maximum atomic E-state index is 14.3. The SMILES string of the molecule is Cc1ccc(F)c(-c2ccc(Cl)cc2NC(=O)c2cn(C)nc2C(F)(F)F)c1. The second-order valence-electron chi connectivity index (χ2n) is 6.19. The number of alkyl halides is 3. The number of amides is 1. The van der Waals surface area contributed by atoms with E-state index in [1.807, 2.05) is 0 Å². The lowest BCUT2D eigenvalue weighted by Crippen LogP contribution is -2.18. The van der Waals surface area contributed by atoms with Crippen LogP contribution in [-0.2, 0) is 13.2 Å². The first-order chi connectivity index (χ1) is 13.1. The molecule has 1 amide bonds. The Kier molecular flexibility index (Phi) is 5.16. The summed E-state index contributed by atoms with van der Waals surface area (Å²) in [5, 5.41) is 5.94. The molecule has 0 bridgehead atoms. The molecule has 3 rings (SSSR count). The van der Waals surface area contributed by atoms with E-state index in [9.17, 15) is 22.4 Å². The fourth-order valence-corrected chi connectivity index (χ4v) is 2.93. The molecule has 9 heteroatoms. The molecule has 0 fully saturated rings. The summed E-state index contributed by atoms with van der Waals surface area (Å²) in [6.45, 7) is 1.77. The van der Waals surface area contributed by atoms with Crippen molar-refractivity contribution in [3.05, 3.63) is 70.3 Å². The van der Waals surface area contributed by atoms with Gasteiger partial charge in [0, 0.05) is 29.4 Å². The van der Waals surface area contributed by atoms with Crippen molar-refractivity contribution in [2.24, 2.45) is 7.05 Å². The zero-order valence-corrected chi connectivity index (χ0v) is 15.5. The lowest BCUT2D eigenvalue weighted by Gasteiger charge is -2.13. The highest BCUT2D eigenvalue weighted by Gasteiger charge is 2.39. The van der Waals surface area contributed by atoms with E-state index in [0.29, 0.717) is 0 Å². The number of aromatic nitrogens is 2. The molecule has 0 aliphatic heterocycles. The van der Waals surface area contributed by atoms with Gasteiger partial charge in [0.1, 0.15) is 5.82 Å². The molecule has 0 radical (unpaired) electrons. The summed E-state index contributed by atoms with van der Waals surface area (Å²) in [5.41, 5.74) is -0.622. The minimum Gasteiger partial charge on any atom is -0.321 e. The van der Waals surface area contributed by atoms with E-state index in [1.54, 1.807) is 19.1 Å². The number of carbonyl (C=O) groups is 1. The molecule has 1 N–H and O–H groups in total. The first-order valence-electron chi connectivity index (χ1n) is 8.04. The molecule has 0 aliphatic rings. The Morgan fingerprint density at radius 2 is 1.86 bits per heavy atom. The molecule has 0 aliphatic carbocycles. The molecule has 4 nitrogen and oxygen atoms in total. The standard InChI is InChI=1S/C19H14ClF4N3O/c1-10-3-6-15(21)13(7-10)12-5-4-11(20)8-16(12)25-18(28)14-9-27(2)26-17(14)19(22,23)24/h3-9H,1-2H3,(H,25,28). The number of hydrogen-bond acceptors (Lipinski definition) is 2. The van der Waals surface area contributed by atoms with Crippen molar-refractivity contribution in [2.45, 2.75) is 13.1 Å². The van der Waals surface area contributed by atoms with Gasteiger partial charge in [-0.25, -0.2) is 4.39 Å². The minimum atomic E-state index is -4.80. The van der Waals surface area contributed by atoms with Crippen molar-refractivity contribution >= 4 is 23.2 Å². The van der Waals surface area contributed by atoms with Gasteiger partial charge in [0.15, 0.2) is 5.69 Å². The van der Waals surface area contributed by atoms with Crippen LogP contribution in [-0.4, -0.2) is 15.7 Å². The third-order valence-corrected chi connectivity index (χ3v) is 4.22. The summed E-state index contributed by atoms with van der Waals surface area (Å²) in [5.74, 6) is -1.57. The molecule has 1 heterocycles. The second kappa shape index (κ2) is 7.27. The maximum Gasteiger partial charge on any atom is 0.435 e. The molecule has 0 spiro atoms. The first-order valence-corrected chi connectivity index (χ1v) is 8.42. The van der Waals surface area contributed by atoms with Gasteiger partial charge in [0.25, 0.3) is 5.91 Å². The molecule has 3 aromatic rings. The largest absolute Gasteiger partial charge is 0.435 e. The smallest absolute Gasteiger partial charge is 0.321 e. The van der Waals surface area contributed by atoms with Crippen LogP contribution in [0, 0.1) is 12.7 Å². The Morgan fingerprint density at radius 1 is 1.14 bits per heavy atom. The van der Waals surface area contributed by atoms with E-state index in [2.05, 4.69) is 10.4 Å². The van der Waals surface area contributed by atoms with Crippen molar-refractivity contribution < 1.29 is 22.4 Å². The Labute approximate surface area is 162 Å². The molecule has 2 aromatic carbocycles. The Bertz CT molecular complexity index is 1060. The summed E-state index contributed by atoms with van der Waals surface area (Å²) in [7, 11) is 1.28. The molecular formula is C19H14ClF4N3O. The minimum absolute atomic E-state index is 0.0824. The molecule has 1 aromatic heterocycles. The van der Waals surface area contributed by atoms with Crippen LogP contribution in [0.15, 0.2) is 42.6 Å². The van der Waals surface area contributed by atoms with Crippen LogP contribution in [0.3, 0.4) is 0 Å². The van der Waals surface area contributed by atoms with E-state index < -0.39 is 29.2 Å². The van der Waals surface area contributed by atoms with Gasteiger partial charge in [-0.15, -0.1) is 0 Å². The summed E-state index contributed by atoms with van der Waals surface area (Å²) in [6, 6.07) is 8.76. The van der Waals surface area contributed by atoms with Crippen LogP contribution in [0.5, 0.6) is 0 Å². The van der Waals surface area contributed by atoms with E-state index >= 15 is 0 Å². The number of carbonyl (C=O) groups excluding carboxylic acids is 1. The number of nitrogens with one attached hydrogen (secondary N) is 1. The maximum absolute atomic E-state index is 14.3. The third-order valence-electron chi connectivity index (χ3n) is 3.98. The van der Waals surface area contributed by atoms with Crippen molar-refractivity contribution in [2.75, 3.05) is 5.32 Å². The highest BCUT2D eigenvalue weighted by molar-refractivity contribution is 6.31. The number of hydrogen-bond donors (Lipinski definition) is 1. The second-order valence-corrected chi connectivity index (χ2v) is 6.63. The van der Waals surface area contributed by atoms with Gasteiger partial charge in [-0.2, -0.15) is 18.3 Å². The zero-order chi connectivity index (χ0) is 20.6. The summed E-state index contributed by atoms with van der Waals surface area (Å²) in [4.78, 5) is 12.5. The van der Waals surface area contributed by atoms with Gasteiger partial charge in [-0.05, 0) is 31.2 Å². The quantitative estimate of drug-likeness (QED) is 0.582. The van der Waals surface area contributed by atoms with E-state index in [0.717, 1.165) is 16.4 Å². The lowest BCUT2D eigenvalue weighted by atomic mass is 10.0. The van der Waals surface area contributed by atoms with Gasteiger partial charge < -0.3 is 5.32 Å². The molecule has 0 saturated carbocycles. The number of benzene rings is 2. The summed E-state index contributed by atoms with van der Waals surface area (Å²) < 4.78 is 54.6. The van der Waals surface area contributed by atoms with Gasteiger partial charge in [0.05, 0.1) is 11.3 Å². The van der Waals surface area contributed by atoms with E-state index in [4.69, 9.17) is 11.6 Å². The third kappa shape index (κ3) is 4.01. The highest BCUT2D eigenvalue weighted by atomic mass is 35.5. The zero-order valence-electron chi connectivity index (χ0n) is 14.7.